The summed E-state index contributed by atoms with van der Waals surface area (Å²) in [6, 6.07) is 6.14. The number of furan rings is 1. The second-order valence-electron chi connectivity index (χ2n) is 4.15. The van der Waals surface area contributed by atoms with Crippen LogP contribution in [0, 0.1) is 0 Å². The summed E-state index contributed by atoms with van der Waals surface area (Å²) in [6.45, 7) is 0.0705. The summed E-state index contributed by atoms with van der Waals surface area (Å²) in [4.78, 5) is 10.6. The maximum absolute atomic E-state index is 12.7. The molecule has 4 nitrogen and oxygen atoms in total. The van der Waals surface area contributed by atoms with Crippen molar-refractivity contribution in [3.8, 4) is 0 Å². The lowest BCUT2D eigenvalue weighted by atomic mass is 10.2. The molecule has 2 rings (SSSR count). The second-order valence-corrected chi connectivity index (χ2v) is 5.07. The molecule has 2 N–H and O–H groups in total. The van der Waals surface area contributed by atoms with Crippen LogP contribution < -0.4 is 5.32 Å². The smallest absolute Gasteiger partial charge is 0.416 e. The van der Waals surface area contributed by atoms with E-state index in [1.165, 1.54) is 18.2 Å². The molecule has 2 aromatic rings. The van der Waals surface area contributed by atoms with Crippen LogP contribution in [0.2, 0.25) is 0 Å². The molecular formula is C13H9BrF3NO3. The molecule has 0 spiro atoms. The van der Waals surface area contributed by atoms with E-state index in [1.54, 1.807) is 0 Å². The number of hydrogen-bond acceptors (Lipinski definition) is 3. The summed E-state index contributed by atoms with van der Waals surface area (Å²) in [7, 11) is 0. The number of halogens is 4. The number of anilines is 1. The third kappa shape index (κ3) is 4.01. The van der Waals surface area contributed by atoms with Gasteiger partial charge in [-0.25, -0.2) is 4.79 Å². The first kappa shape index (κ1) is 15.4. The van der Waals surface area contributed by atoms with Crippen LogP contribution in [0.3, 0.4) is 0 Å². The van der Waals surface area contributed by atoms with Gasteiger partial charge < -0.3 is 14.8 Å². The topological polar surface area (TPSA) is 62.5 Å². The van der Waals surface area contributed by atoms with Gasteiger partial charge in [-0.2, -0.15) is 13.2 Å². The Hall–Kier alpha value is -1.96. The zero-order chi connectivity index (χ0) is 15.6. The van der Waals surface area contributed by atoms with Gasteiger partial charge in [-0.3, -0.25) is 0 Å². The molecule has 8 heteroatoms. The number of carbonyl (C=O) groups is 1. The van der Waals surface area contributed by atoms with Gasteiger partial charge in [0.15, 0.2) is 0 Å². The molecule has 0 saturated carbocycles. The SMILES string of the molecule is O=C(O)c1ccc(CNc2cc(Br)cc(C(F)(F)F)c2)o1. The van der Waals surface area contributed by atoms with Crippen LogP contribution in [-0.2, 0) is 12.7 Å². The van der Waals surface area contributed by atoms with Crippen molar-refractivity contribution in [3.05, 3.63) is 51.9 Å². The van der Waals surface area contributed by atoms with E-state index in [1.807, 2.05) is 0 Å². The number of hydrogen-bond donors (Lipinski definition) is 2. The Bertz CT molecular complexity index is 667. The van der Waals surface area contributed by atoms with Crippen LogP contribution in [0.4, 0.5) is 18.9 Å². The predicted molar refractivity (Wildman–Crippen MR) is 72.1 cm³/mol. The standard InChI is InChI=1S/C13H9BrF3NO3/c14-8-3-7(13(15,16)17)4-9(5-8)18-6-10-1-2-11(21-10)12(19)20/h1-5,18H,6H2,(H,19,20). The molecule has 1 heterocycles. The fourth-order valence-corrected chi connectivity index (χ4v) is 2.13. The van der Waals surface area contributed by atoms with Crippen LogP contribution in [0.5, 0.6) is 0 Å². The van der Waals surface area contributed by atoms with Gasteiger partial charge in [-0.1, -0.05) is 15.9 Å². The summed E-state index contributed by atoms with van der Waals surface area (Å²) in [5.41, 5.74) is -0.546. The zero-order valence-corrected chi connectivity index (χ0v) is 12.0. The number of rotatable bonds is 4. The van der Waals surface area contributed by atoms with Gasteiger partial charge in [0.05, 0.1) is 12.1 Å². The number of carboxylic acid groups (broad SMARTS) is 1. The summed E-state index contributed by atoms with van der Waals surface area (Å²) in [5.74, 6) is -1.12. The molecule has 1 aromatic heterocycles. The zero-order valence-electron chi connectivity index (χ0n) is 10.4. The van der Waals surface area contributed by atoms with Crippen LogP contribution in [0.1, 0.15) is 21.9 Å². The molecule has 0 fully saturated rings. The fourth-order valence-electron chi connectivity index (χ4n) is 1.63. The van der Waals surface area contributed by atoms with Crippen molar-refractivity contribution in [1.82, 2.24) is 0 Å². The first-order valence-electron chi connectivity index (χ1n) is 5.69. The largest absolute Gasteiger partial charge is 0.475 e. The molecule has 21 heavy (non-hydrogen) atoms. The summed E-state index contributed by atoms with van der Waals surface area (Å²) < 4.78 is 43.3. The van der Waals surface area contributed by atoms with E-state index in [9.17, 15) is 18.0 Å². The Morgan fingerprint density at radius 1 is 1.29 bits per heavy atom. The number of carboxylic acids is 1. The highest BCUT2D eigenvalue weighted by Crippen LogP contribution is 2.33. The van der Waals surface area contributed by atoms with E-state index in [0.29, 0.717) is 5.76 Å². The molecule has 0 atom stereocenters. The van der Waals surface area contributed by atoms with Gasteiger partial charge in [-0.15, -0.1) is 0 Å². The van der Waals surface area contributed by atoms with Gasteiger partial charge in [-0.05, 0) is 30.3 Å². The molecule has 112 valence electrons. The molecule has 0 amide bonds. The van der Waals surface area contributed by atoms with E-state index < -0.39 is 17.7 Å². The average Bonchev–Trinajstić information content (AvgIpc) is 2.83. The van der Waals surface area contributed by atoms with Crippen LogP contribution in [0.25, 0.3) is 0 Å². The van der Waals surface area contributed by atoms with Gasteiger partial charge in [0, 0.05) is 10.2 Å². The van der Waals surface area contributed by atoms with Crippen molar-refractivity contribution in [3.63, 3.8) is 0 Å². The molecule has 0 aliphatic heterocycles. The Labute approximate surface area is 125 Å². The summed E-state index contributed by atoms with van der Waals surface area (Å²) in [5, 5.41) is 11.5. The highest BCUT2D eigenvalue weighted by Gasteiger charge is 2.31. The number of nitrogens with one attached hydrogen (secondary N) is 1. The maximum Gasteiger partial charge on any atom is 0.416 e. The fraction of sp³-hybridized carbons (Fsp3) is 0.154. The first-order valence-corrected chi connectivity index (χ1v) is 6.48. The van der Waals surface area contributed by atoms with Crippen molar-refractivity contribution in [2.75, 3.05) is 5.32 Å². The Morgan fingerprint density at radius 2 is 2.00 bits per heavy atom. The highest BCUT2D eigenvalue weighted by molar-refractivity contribution is 9.10. The third-order valence-corrected chi connectivity index (χ3v) is 3.02. The van der Waals surface area contributed by atoms with Crippen LogP contribution in [0.15, 0.2) is 39.2 Å². The first-order chi connectivity index (χ1) is 9.75. The number of aromatic carboxylic acids is 1. The molecule has 1 aromatic carbocycles. The van der Waals surface area contributed by atoms with Gasteiger partial charge in [0.1, 0.15) is 5.76 Å². The van der Waals surface area contributed by atoms with E-state index >= 15 is 0 Å². The Kier molecular flexibility index (Phi) is 4.26. The summed E-state index contributed by atoms with van der Waals surface area (Å²) in [6.07, 6.45) is -4.44. The van der Waals surface area contributed by atoms with Crippen LogP contribution in [-0.4, -0.2) is 11.1 Å². The third-order valence-electron chi connectivity index (χ3n) is 2.56. The maximum atomic E-state index is 12.7. The Morgan fingerprint density at radius 3 is 2.57 bits per heavy atom. The lowest BCUT2D eigenvalue weighted by Crippen LogP contribution is -2.06. The predicted octanol–water partition coefficient (Wildman–Crippen LogP) is 4.37. The minimum absolute atomic E-state index is 0.0705. The number of alkyl halides is 3. The monoisotopic (exact) mass is 363 g/mol. The van der Waals surface area contributed by atoms with Crippen molar-refractivity contribution < 1.29 is 27.5 Å². The van der Waals surface area contributed by atoms with Crippen LogP contribution >= 0.6 is 15.9 Å². The van der Waals surface area contributed by atoms with Gasteiger partial charge >= 0.3 is 12.1 Å². The molecule has 0 aliphatic carbocycles. The molecular weight excluding hydrogens is 355 g/mol. The molecule has 0 unspecified atom stereocenters. The van der Waals surface area contributed by atoms with E-state index in [-0.39, 0.29) is 22.5 Å². The molecule has 0 radical (unpaired) electrons. The molecule has 0 aliphatic rings. The van der Waals surface area contributed by atoms with Gasteiger partial charge in [0.25, 0.3) is 0 Å². The van der Waals surface area contributed by atoms with Crippen molar-refractivity contribution >= 4 is 27.6 Å². The second kappa shape index (κ2) is 5.80. The minimum Gasteiger partial charge on any atom is -0.475 e. The lowest BCUT2D eigenvalue weighted by molar-refractivity contribution is -0.137. The molecule has 0 bridgehead atoms. The highest BCUT2D eigenvalue weighted by atomic mass is 79.9. The average molecular weight is 364 g/mol. The Balaban J connectivity index is 2.12. The van der Waals surface area contributed by atoms with E-state index in [4.69, 9.17) is 9.52 Å². The van der Waals surface area contributed by atoms with E-state index in [0.717, 1.165) is 12.1 Å². The van der Waals surface area contributed by atoms with E-state index in [2.05, 4.69) is 21.2 Å². The van der Waals surface area contributed by atoms with Crippen molar-refractivity contribution in [2.24, 2.45) is 0 Å². The summed E-state index contributed by atoms with van der Waals surface area (Å²) >= 11 is 3.01. The quantitative estimate of drug-likeness (QED) is 0.846. The minimum atomic E-state index is -4.44. The van der Waals surface area contributed by atoms with Crippen molar-refractivity contribution in [2.45, 2.75) is 12.7 Å². The van der Waals surface area contributed by atoms with Gasteiger partial charge in [0.2, 0.25) is 5.76 Å². The van der Waals surface area contributed by atoms with Crippen molar-refractivity contribution in [1.29, 1.82) is 0 Å². The number of benzene rings is 1. The lowest BCUT2D eigenvalue weighted by Gasteiger charge is -2.11. The molecule has 0 saturated heterocycles. The normalized spacial score (nSPS) is 11.4.